The Morgan fingerprint density at radius 2 is 1.57 bits per heavy atom. The summed E-state index contributed by atoms with van der Waals surface area (Å²) in [4.78, 5) is 4.98. The average molecular weight is 426 g/mol. The minimum Gasteiger partial charge on any atom is -0.334 e. The molecule has 2 heterocycles. The highest BCUT2D eigenvalue weighted by atomic mass is 32.2. The number of benzene rings is 2. The van der Waals surface area contributed by atoms with Crippen LogP contribution in [0.4, 0.5) is 0 Å². The summed E-state index contributed by atoms with van der Waals surface area (Å²) < 4.78 is 33.5. The van der Waals surface area contributed by atoms with E-state index in [0.29, 0.717) is 42.5 Å². The fourth-order valence-electron chi connectivity index (χ4n) is 3.92. The molecule has 0 amide bonds. The molecule has 1 aliphatic rings. The molecule has 3 aromatic rings. The Balaban J connectivity index is 1.48. The molecule has 6 nitrogen and oxygen atoms in total. The first-order valence-corrected chi connectivity index (χ1v) is 11.7. The molecule has 0 saturated carbocycles. The molecular weight excluding hydrogens is 398 g/mol. The molecule has 1 aromatic heterocycles. The smallest absolute Gasteiger partial charge is 0.257 e. The molecule has 0 N–H and O–H groups in total. The van der Waals surface area contributed by atoms with Gasteiger partial charge in [-0.25, -0.2) is 8.42 Å². The van der Waals surface area contributed by atoms with E-state index in [1.54, 1.807) is 10.4 Å². The van der Waals surface area contributed by atoms with Crippen LogP contribution in [0.5, 0.6) is 0 Å². The van der Waals surface area contributed by atoms with Crippen LogP contribution < -0.4 is 0 Å². The van der Waals surface area contributed by atoms with Crippen molar-refractivity contribution in [2.45, 2.75) is 51.3 Å². The molecule has 0 bridgehead atoms. The predicted octanol–water partition coefficient (Wildman–Crippen LogP) is 4.54. The minimum absolute atomic E-state index is 0.0975. The van der Waals surface area contributed by atoms with E-state index in [1.807, 2.05) is 58.0 Å². The summed E-state index contributed by atoms with van der Waals surface area (Å²) >= 11 is 0. The summed E-state index contributed by atoms with van der Waals surface area (Å²) in [5.41, 5.74) is 4.95. The molecule has 2 aromatic carbocycles. The number of hydrogen-bond acceptors (Lipinski definition) is 5. The quantitative estimate of drug-likeness (QED) is 0.613. The van der Waals surface area contributed by atoms with Crippen molar-refractivity contribution in [2.24, 2.45) is 0 Å². The lowest BCUT2D eigenvalue weighted by Crippen LogP contribution is -2.38. The summed E-state index contributed by atoms with van der Waals surface area (Å²) in [6, 6.07) is 11.7. The van der Waals surface area contributed by atoms with Crippen LogP contribution in [0.2, 0.25) is 0 Å². The summed E-state index contributed by atoms with van der Waals surface area (Å²) in [5.74, 6) is 1.26. The highest BCUT2D eigenvalue weighted by Crippen LogP contribution is 2.32. The number of aromatic nitrogens is 2. The van der Waals surface area contributed by atoms with Gasteiger partial charge in [0.15, 0.2) is 5.82 Å². The van der Waals surface area contributed by atoms with Crippen molar-refractivity contribution in [3.05, 3.63) is 64.5 Å². The maximum Gasteiger partial charge on any atom is 0.257 e. The summed E-state index contributed by atoms with van der Waals surface area (Å²) in [5, 5.41) is 4.17. The second-order valence-electron chi connectivity index (χ2n) is 8.20. The van der Waals surface area contributed by atoms with Crippen molar-refractivity contribution in [1.29, 1.82) is 0 Å². The second-order valence-corrected chi connectivity index (χ2v) is 10.1. The van der Waals surface area contributed by atoms with Crippen LogP contribution in [0.15, 0.2) is 45.8 Å². The van der Waals surface area contributed by atoms with Crippen LogP contribution in [0, 0.1) is 27.7 Å². The van der Waals surface area contributed by atoms with Crippen LogP contribution in [0.1, 0.15) is 46.8 Å². The number of rotatable bonds is 4. The van der Waals surface area contributed by atoms with Gasteiger partial charge >= 0.3 is 0 Å². The van der Waals surface area contributed by atoms with E-state index in [4.69, 9.17) is 4.52 Å². The molecular formula is C23H27N3O3S. The first-order valence-electron chi connectivity index (χ1n) is 10.2. The lowest BCUT2D eigenvalue weighted by Gasteiger charge is -2.30. The van der Waals surface area contributed by atoms with Gasteiger partial charge in [-0.1, -0.05) is 28.9 Å². The number of nitrogens with zero attached hydrogens (tertiary/aromatic N) is 3. The Kier molecular flexibility index (Phi) is 5.51. The van der Waals surface area contributed by atoms with Gasteiger partial charge in [-0.05, 0) is 75.4 Å². The molecule has 0 atom stereocenters. The molecule has 1 aliphatic heterocycles. The normalized spacial score (nSPS) is 16.1. The molecule has 0 spiro atoms. The zero-order valence-corrected chi connectivity index (χ0v) is 18.7. The highest BCUT2D eigenvalue weighted by Gasteiger charge is 2.32. The van der Waals surface area contributed by atoms with E-state index in [9.17, 15) is 8.42 Å². The Labute approximate surface area is 178 Å². The lowest BCUT2D eigenvalue weighted by atomic mass is 9.97. The van der Waals surface area contributed by atoms with Gasteiger partial charge < -0.3 is 4.52 Å². The fourth-order valence-corrected chi connectivity index (χ4v) is 5.68. The van der Waals surface area contributed by atoms with Gasteiger partial charge in [-0.15, -0.1) is 0 Å². The van der Waals surface area contributed by atoms with Gasteiger partial charge in [0.25, 0.3) is 5.89 Å². The van der Waals surface area contributed by atoms with Crippen molar-refractivity contribution in [1.82, 2.24) is 14.4 Å². The molecule has 4 rings (SSSR count). The highest BCUT2D eigenvalue weighted by molar-refractivity contribution is 7.89. The van der Waals surface area contributed by atoms with Crippen molar-refractivity contribution >= 4 is 10.0 Å². The number of sulfonamides is 1. The van der Waals surface area contributed by atoms with Gasteiger partial charge in [-0.3, -0.25) is 0 Å². The summed E-state index contributed by atoms with van der Waals surface area (Å²) in [6.45, 7) is 8.74. The van der Waals surface area contributed by atoms with Crippen molar-refractivity contribution in [2.75, 3.05) is 13.1 Å². The Bertz CT molecular complexity index is 1160. The lowest BCUT2D eigenvalue weighted by molar-refractivity contribution is 0.307. The zero-order chi connectivity index (χ0) is 21.5. The molecule has 7 heteroatoms. The Morgan fingerprint density at radius 1 is 0.933 bits per heavy atom. The SMILES string of the molecule is Cc1ccc(-c2nc(C3CCN(S(=O)(=O)c4cc(C)c(C)cc4C)CC3)no2)cc1. The van der Waals surface area contributed by atoms with Crippen molar-refractivity contribution in [3.8, 4) is 11.5 Å². The van der Waals surface area contributed by atoms with Crippen molar-refractivity contribution < 1.29 is 12.9 Å². The molecule has 0 unspecified atom stereocenters. The van der Waals surface area contributed by atoms with Crippen molar-refractivity contribution in [3.63, 3.8) is 0 Å². The van der Waals surface area contributed by atoms with E-state index in [-0.39, 0.29) is 5.92 Å². The van der Waals surface area contributed by atoms with Gasteiger partial charge in [0.1, 0.15) is 0 Å². The topological polar surface area (TPSA) is 76.3 Å². The van der Waals surface area contributed by atoms with Gasteiger partial charge in [0.2, 0.25) is 10.0 Å². The molecule has 1 fully saturated rings. The molecule has 158 valence electrons. The average Bonchev–Trinajstić information content (AvgIpc) is 3.21. The van der Waals surface area contributed by atoms with E-state index in [1.165, 1.54) is 5.56 Å². The second kappa shape index (κ2) is 7.96. The van der Waals surface area contributed by atoms with Crippen LogP contribution in [-0.2, 0) is 10.0 Å². The number of aryl methyl sites for hydroxylation is 4. The third kappa shape index (κ3) is 3.91. The zero-order valence-electron chi connectivity index (χ0n) is 17.8. The molecule has 1 saturated heterocycles. The summed E-state index contributed by atoms with van der Waals surface area (Å²) in [7, 11) is -3.51. The molecule has 0 aliphatic carbocycles. The third-order valence-electron chi connectivity index (χ3n) is 5.97. The predicted molar refractivity (Wildman–Crippen MR) is 116 cm³/mol. The maximum absolute atomic E-state index is 13.2. The monoisotopic (exact) mass is 425 g/mol. The Morgan fingerprint density at radius 3 is 2.23 bits per heavy atom. The maximum atomic E-state index is 13.2. The summed E-state index contributed by atoms with van der Waals surface area (Å²) in [6.07, 6.45) is 1.35. The Hall–Kier alpha value is -2.51. The number of hydrogen-bond donors (Lipinski definition) is 0. The minimum atomic E-state index is -3.51. The van der Waals surface area contributed by atoms with Gasteiger partial charge in [-0.2, -0.15) is 9.29 Å². The first kappa shape index (κ1) is 20.8. The van der Waals surface area contributed by atoms with Crippen LogP contribution in [-0.4, -0.2) is 36.0 Å². The van der Waals surface area contributed by atoms with E-state index >= 15 is 0 Å². The van der Waals surface area contributed by atoms with E-state index in [2.05, 4.69) is 10.1 Å². The third-order valence-corrected chi connectivity index (χ3v) is 8.01. The van der Waals surface area contributed by atoms with Crippen LogP contribution in [0.25, 0.3) is 11.5 Å². The fraction of sp³-hybridized carbons (Fsp3) is 0.391. The van der Waals surface area contributed by atoms with Crippen LogP contribution in [0.3, 0.4) is 0 Å². The first-order chi connectivity index (χ1) is 14.3. The largest absolute Gasteiger partial charge is 0.334 e. The molecule has 0 radical (unpaired) electrons. The standard InChI is InChI=1S/C23H27N3O3S/c1-15-5-7-20(8-6-15)23-24-22(25-29-23)19-9-11-26(12-10-19)30(27,28)21-14-17(3)16(2)13-18(21)4/h5-8,13-14,19H,9-12H2,1-4H3. The van der Waals surface area contributed by atoms with Gasteiger partial charge in [0, 0.05) is 24.6 Å². The van der Waals surface area contributed by atoms with Crippen LogP contribution >= 0.6 is 0 Å². The van der Waals surface area contributed by atoms with E-state index in [0.717, 1.165) is 22.3 Å². The number of piperidine rings is 1. The van der Waals surface area contributed by atoms with E-state index < -0.39 is 10.0 Å². The molecule has 30 heavy (non-hydrogen) atoms. The van der Waals surface area contributed by atoms with Gasteiger partial charge in [0.05, 0.1) is 4.90 Å².